The van der Waals surface area contributed by atoms with Crippen LogP contribution in [0.2, 0.25) is 0 Å². The van der Waals surface area contributed by atoms with Crippen LogP contribution in [-0.2, 0) is 4.74 Å². The first-order valence-corrected chi connectivity index (χ1v) is 5.80. The van der Waals surface area contributed by atoms with Gasteiger partial charge in [0.1, 0.15) is 0 Å². The van der Waals surface area contributed by atoms with Gasteiger partial charge < -0.3 is 15.4 Å². The molecule has 1 aromatic rings. The van der Waals surface area contributed by atoms with Crippen molar-refractivity contribution in [3.63, 3.8) is 0 Å². The predicted molar refractivity (Wildman–Crippen MR) is 68.8 cm³/mol. The molecule has 0 spiro atoms. The van der Waals surface area contributed by atoms with Crippen molar-refractivity contribution in [3.05, 3.63) is 29.8 Å². The summed E-state index contributed by atoms with van der Waals surface area (Å²) in [6.07, 6.45) is 0. The zero-order chi connectivity index (χ0) is 12.0. The van der Waals surface area contributed by atoms with Gasteiger partial charge in [0.05, 0.1) is 6.61 Å². The van der Waals surface area contributed by atoms with Gasteiger partial charge in [-0.3, -0.25) is 0 Å². The fraction of sp³-hybridized carbons (Fsp3) is 0.538. The van der Waals surface area contributed by atoms with E-state index in [4.69, 9.17) is 10.5 Å². The number of nitrogens with two attached hydrogens (primary N) is 1. The third kappa shape index (κ3) is 3.51. The number of ether oxygens (including phenoxy) is 1. The molecule has 0 radical (unpaired) electrons. The van der Waals surface area contributed by atoms with Gasteiger partial charge in [0.15, 0.2) is 0 Å². The van der Waals surface area contributed by atoms with Crippen LogP contribution in [0.15, 0.2) is 24.3 Å². The van der Waals surface area contributed by atoms with E-state index in [1.165, 1.54) is 11.3 Å². The van der Waals surface area contributed by atoms with E-state index in [1.807, 2.05) is 26.0 Å². The Kier molecular flexibility index (Phi) is 5.29. The van der Waals surface area contributed by atoms with Crippen LogP contribution in [0.1, 0.15) is 25.5 Å². The second-order valence-electron chi connectivity index (χ2n) is 3.97. The maximum atomic E-state index is 5.95. The molecule has 2 N–H and O–H groups in total. The number of para-hydroxylation sites is 1. The number of nitrogens with zero attached hydrogens (tertiary/aromatic N) is 1. The molecular formula is C13H22N2O. The van der Waals surface area contributed by atoms with Gasteiger partial charge >= 0.3 is 0 Å². The normalized spacial score (nSPS) is 12.5. The monoisotopic (exact) mass is 222 g/mol. The minimum atomic E-state index is 0.0609. The van der Waals surface area contributed by atoms with Gasteiger partial charge in [0.2, 0.25) is 0 Å². The maximum absolute atomic E-state index is 5.95. The molecule has 3 heteroatoms. The smallest absolute Gasteiger partial charge is 0.0641 e. The molecule has 1 atom stereocenters. The lowest BCUT2D eigenvalue weighted by Crippen LogP contribution is -2.24. The molecule has 0 aliphatic heterocycles. The number of benzene rings is 1. The molecule has 3 nitrogen and oxygen atoms in total. The molecule has 0 heterocycles. The van der Waals surface area contributed by atoms with E-state index in [0.29, 0.717) is 0 Å². The number of rotatable bonds is 6. The molecule has 0 fully saturated rings. The summed E-state index contributed by atoms with van der Waals surface area (Å²) in [6.45, 7) is 6.42. The van der Waals surface area contributed by atoms with Crippen LogP contribution in [0.4, 0.5) is 5.69 Å². The lowest BCUT2D eigenvalue weighted by atomic mass is 10.1. The van der Waals surface area contributed by atoms with Crippen molar-refractivity contribution in [3.8, 4) is 0 Å². The van der Waals surface area contributed by atoms with Crippen molar-refractivity contribution >= 4 is 5.69 Å². The Labute approximate surface area is 98.2 Å². The Morgan fingerprint density at radius 1 is 1.38 bits per heavy atom. The molecule has 1 aromatic carbocycles. The Bertz CT molecular complexity index is 313. The fourth-order valence-corrected chi connectivity index (χ4v) is 1.69. The Balaban J connectivity index is 2.70. The summed E-state index contributed by atoms with van der Waals surface area (Å²) >= 11 is 0. The first-order chi connectivity index (χ1) is 7.66. The summed E-state index contributed by atoms with van der Waals surface area (Å²) in [5, 5.41) is 0. The van der Waals surface area contributed by atoms with Crippen molar-refractivity contribution in [2.24, 2.45) is 5.73 Å². The molecule has 0 amide bonds. The van der Waals surface area contributed by atoms with E-state index < -0.39 is 0 Å². The Morgan fingerprint density at radius 3 is 2.69 bits per heavy atom. The second kappa shape index (κ2) is 6.51. The van der Waals surface area contributed by atoms with Crippen LogP contribution in [0.5, 0.6) is 0 Å². The topological polar surface area (TPSA) is 38.5 Å². The van der Waals surface area contributed by atoms with Crippen molar-refractivity contribution in [2.75, 3.05) is 31.7 Å². The van der Waals surface area contributed by atoms with E-state index in [-0.39, 0.29) is 6.04 Å². The third-order valence-corrected chi connectivity index (χ3v) is 2.61. The highest BCUT2D eigenvalue weighted by atomic mass is 16.5. The van der Waals surface area contributed by atoms with Crippen molar-refractivity contribution in [2.45, 2.75) is 19.9 Å². The van der Waals surface area contributed by atoms with Crippen LogP contribution in [0.3, 0.4) is 0 Å². The summed E-state index contributed by atoms with van der Waals surface area (Å²) in [4.78, 5) is 2.19. The lowest BCUT2D eigenvalue weighted by Gasteiger charge is -2.23. The minimum Gasteiger partial charge on any atom is -0.380 e. The molecule has 0 aliphatic carbocycles. The molecule has 0 aliphatic rings. The molecule has 0 aromatic heterocycles. The van der Waals surface area contributed by atoms with E-state index >= 15 is 0 Å². The standard InChI is InChI=1S/C13H22N2O/c1-4-16-10-9-15(3)13-8-6-5-7-12(13)11(2)14/h5-8,11H,4,9-10,14H2,1-3H3. The van der Waals surface area contributed by atoms with Crippen molar-refractivity contribution in [1.82, 2.24) is 0 Å². The van der Waals surface area contributed by atoms with Gasteiger partial charge in [-0.05, 0) is 25.5 Å². The number of hydrogen-bond donors (Lipinski definition) is 1. The van der Waals surface area contributed by atoms with Gasteiger partial charge in [-0.25, -0.2) is 0 Å². The van der Waals surface area contributed by atoms with Crippen LogP contribution < -0.4 is 10.6 Å². The molecule has 0 saturated heterocycles. The van der Waals surface area contributed by atoms with Gasteiger partial charge in [-0.2, -0.15) is 0 Å². The van der Waals surface area contributed by atoms with Gasteiger partial charge in [-0.15, -0.1) is 0 Å². The molecule has 1 unspecified atom stereocenters. The van der Waals surface area contributed by atoms with Crippen molar-refractivity contribution in [1.29, 1.82) is 0 Å². The van der Waals surface area contributed by atoms with E-state index in [1.54, 1.807) is 0 Å². The SMILES string of the molecule is CCOCCN(C)c1ccccc1C(C)N. The van der Waals surface area contributed by atoms with Crippen LogP contribution in [0, 0.1) is 0 Å². The largest absolute Gasteiger partial charge is 0.380 e. The number of hydrogen-bond acceptors (Lipinski definition) is 3. The van der Waals surface area contributed by atoms with E-state index in [2.05, 4.69) is 24.1 Å². The van der Waals surface area contributed by atoms with E-state index in [0.717, 1.165) is 19.8 Å². The molecule has 0 bridgehead atoms. The number of anilines is 1. The Hall–Kier alpha value is -1.06. The van der Waals surface area contributed by atoms with Crippen molar-refractivity contribution < 1.29 is 4.74 Å². The quantitative estimate of drug-likeness (QED) is 0.750. The zero-order valence-electron chi connectivity index (χ0n) is 10.4. The Morgan fingerprint density at radius 2 is 2.06 bits per heavy atom. The van der Waals surface area contributed by atoms with Gasteiger partial charge in [-0.1, -0.05) is 18.2 Å². The fourth-order valence-electron chi connectivity index (χ4n) is 1.69. The molecule has 16 heavy (non-hydrogen) atoms. The highest BCUT2D eigenvalue weighted by molar-refractivity contribution is 5.54. The maximum Gasteiger partial charge on any atom is 0.0641 e. The first-order valence-electron chi connectivity index (χ1n) is 5.80. The average Bonchev–Trinajstić information content (AvgIpc) is 2.29. The highest BCUT2D eigenvalue weighted by Crippen LogP contribution is 2.23. The third-order valence-electron chi connectivity index (χ3n) is 2.61. The number of likely N-dealkylation sites (N-methyl/N-ethyl adjacent to an activating group) is 1. The van der Waals surface area contributed by atoms with E-state index in [9.17, 15) is 0 Å². The van der Waals surface area contributed by atoms with Crippen LogP contribution in [-0.4, -0.2) is 26.8 Å². The first kappa shape index (κ1) is 13.0. The second-order valence-corrected chi connectivity index (χ2v) is 3.97. The van der Waals surface area contributed by atoms with Crippen LogP contribution >= 0.6 is 0 Å². The lowest BCUT2D eigenvalue weighted by molar-refractivity contribution is 0.154. The summed E-state index contributed by atoms with van der Waals surface area (Å²) < 4.78 is 5.35. The molecule has 1 rings (SSSR count). The van der Waals surface area contributed by atoms with Gasteiger partial charge in [0.25, 0.3) is 0 Å². The molecule has 90 valence electrons. The predicted octanol–water partition coefficient (Wildman–Crippen LogP) is 2.18. The summed E-state index contributed by atoms with van der Waals surface area (Å²) in [5.74, 6) is 0. The summed E-state index contributed by atoms with van der Waals surface area (Å²) in [5.41, 5.74) is 8.32. The van der Waals surface area contributed by atoms with Crippen LogP contribution in [0.25, 0.3) is 0 Å². The molecule has 0 saturated carbocycles. The summed E-state index contributed by atoms with van der Waals surface area (Å²) in [7, 11) is 2.07. The zero-order valence-corrected chi connectivity index (χ0v) is 10.4. The minimum absolute atomic E-state index is 0.0609. The average molecular weight is 222 g/mol. The molecular weight excluding hydrogens is 200 g/mol. The highest BCUT2D eigenvalue weighted by Gasteiger charge is 2.09. The van der Waals surface area contributed by atoms with Gasteiger partial charge in [0, 0.05) is 31.9 Å². The summed E-state index contributed by atoms with van der Waals surface area (Å²) in [6, 6.07) is 8.31.